The largest absolute Gasteiger partial charge is 0.486 e. The molecule has 3 aliphatic heterocycles. The second-order valence-corrected chi connectivity index (χ2v) is 8.69. The van der Waals surface area contributed by atoms with Crippen LogP contribution in [0.2, 0.25) is 0 Å². The zero-order valence-corrected chi connectivity index (χ0v) is 16.8. The lowest BCUT2D eigenvalue weighted by Crippen LogP contribution is -2.52. The quantitative estimate of drug-likeness (QED) is 0.758. The number of nitrogens with two attached hydrogens (primary N) is 1. The van der Waals surface area contributed by atoms with Crippen LogP contribution in [0.25, 0.3) is 0 Å². The van der Waals surface area contributed by atoms with Gasteiger partial charge < -0.3 is 25.1 Å². The average molecular weight is 406 g/mol. The first kappa shape index (κ1) is 18.2. The Labute approximate surface area is 175 Å². The number of aliphatic hydroxyl groups is 1. The van der Waals surface area contributed by atoms with E-state index >= 15 is 0 Å². The minimum Gasteiger partial charge on any atom is -0.486 e. The summed E-state index contributed by atoms with van der Waals surface area (Å²) in [5, 5.41) is 11.1. The first-order chi connectivity index (χ1) is 14.7. The van der Waals surface area contributed by atoms with Gasteiger partial charge in [-0.25, -0.2) is 0 Å². The summed E-state index contributed by atoms with van der Waals surface area (Å²) >= 11 is 0. The summed E-state index contributed by atoms with van der Waals surface area (Å²) in [6, 6.07) is 12.6. The van der Waals surface area contributed by atoms with E-state index in [2.05, 4.69) is 41.3 Å². The molecule has 0 amide bonds. The van der Waals surface area contributed by atoms with Crippen molar-refractivity contribution in [3.8, 4) is 17.2 Å². The van der Waals surface area contributed by atoms with Crippen molar-refractivity contribution < 1.29 is 19.3 Å². The number of ether oxygens (including phenoxy) is 3. The Morgan fingerprint density at radius 1 is 1.17 bits per heavy atom. The van der Waals surface area contributed by atoms with E-state index in [4.69, 9.17) is 19.9 Å². The van der Waals surface area contributed by atoms with Crippen molar-refractivity contribution in [1.29, 1.82) is 0 Å². The van der Waals surface area contributed by atoms with Crippen LogP contribution < -0.4 is 19.9 Å². The standard InChI is InChI=1S/C24H26N2O4/c25-8-6-15-1-3-17(4-2-15)30-18-5-7-24-19-11-21-20(28-14-29-21)9-16(19)12-26(13-23(24)27)22(24)10-18/h1-5,7,9,11,18,22-23,27H,6,8,10,12-14,25H2/t18-,22?,23?,24+/m0/s1. The number of nitrogens with zero attached hydrogens (tertiary/aromatic N) is 1. The molecule has 5 atom stereocenters. The van der Waals surface area contributed by atoms with E-state index in [0.717, 1.165) is 36.6 Å². The van der Waals surface area contributed by atoms with Crippen LogP contribution in [0, 0.1) is 0 Å². The van der Waals surface area contributed by atoms with Crippen LogP contribution in [0.5, 0.6) is 17.2 Å². The van der Waals surface area contributed by atoms with E-state index in [-0.39, 0.29) is 18.9 Å². The SMILES string of the molecule is NCCc1ccc(O[C@H]2C=C[C@]34c5cc6c(cc5CN(CC3O)C4C2)OCO6)cc1. The molecule has 4 aliphatic rings. The van der Waals surface area contributed by atoms with Gasteiger partial charge in [0.25, 0.3) is 0 Å². The smallest absolute Gasteiger partial charge is 0.231 e. The zero-order chi connectivity index (χ0) is 20.3. The summed E-state index contributed by atoms with van der Waals surface area (Å²) in [6.07, 6.45) is 5.55. The summed E-state index contributed by atoms with van der Waals surface area (Å²) < 4.78 is 17.5. The molecule has 0 aromatic heterocycles. The molecule has 6 nitrogen and oxygen atoms in total. The third-order valence-electron chi connectivity index (χ3n) is 7.08. The first-order valence-electron chi connectivity index (χ1n) is 10.7. The Morgan fingerprint density at radius 3 is 2.77 bits per heavy atom. The third-order valence-corrected chi connectivity index (χ3v) is 7.08. The van der Waals surface area contributed by atoms with Crippen molar-refractivity contribution in [1.82, 2.24) is 4.90 Å². The lowest BCUT2D eigenvalue weighted by atomic mass is 9.65. The molecule has 3 N–H and O–H groups in total. The molecule has 6 heteroatoms. The molecule has 6 rings (SSSR count). The Morgan fingerprint density at radius 2 is 1.97 bits per heavy atom. The maximum absolute atomic E-state index is 11.1. The van der Waals surface area contributed by atoms with Crippen molar-refractivity contribution in [2.75, 3.05) is 19.9 Å². The van der Waals surface area contributed by atoms with Gasteiger partial charge in [-0.15, -0.1) is 0 Å². The molecule has 3 heterocycles. The highest BCUT2D eigenvalue weighted by atomic mass is 16.7. The van der Waals surface area contributed by atoms with Crippen LogP contribution in [0.4, 0.5) is 0 Å². The third kappa shape index (κ3) is 2.61. The fraction of sp³-hybridized carbons (Fsp3) is 0.417. The lowest BCUT2D eigenvalue weighted by Gasteiger charge is -2.46. The number of hydrogen-bond acceptors (Lipinski definition) is 6. The number of benzene rings is 2. The number of fused-ring (bicyclic) bond motifs is 2. The maximum Gasteiger partial charge on any atom is 0.231 e. The van der Waals surface area contributed by atoms with Crippen LogP contribution in [0.1, 0.15) is 23.1 Å². The van der Waals surface area contributed by atoms with Crippen LogP contribution in [0.3, 0.4) is 0 Å². The van der Waals surface area contributed by atoms with Gasteiger partial charge in [-0.1, -0.05) is 18.2 Å². The van der Waals surface area contributed by atoms with Gasteiger partial charge in [0.15, 0.2) is 11.5 Å². The van der Waals surface area contributed by atoms with E-state index in [9.17, 15) is 5.11 Å². The molecule has 156 valence electrons. The van der Waals surface area contributed by atoms with E-state index in [0.29, 0.717) is 13.1 Å². The van der Waals surface area contributed by atoms with Gasteiger partial charge >= 0.3 is 0 Å². The Kier molecular flexibility index (Phi) is 4.10. The molecule has 1 fully saturated rings. The van der Waals surface area contributed by atoms with Crippen LogP contribution in [0.15, 0.2) is 48.6 Å². The maximum atomic E-state index is 11.1. The molecule has 0 radical (unpaired) electrons. The van der Waals surface area contributed by atoms with E-state index in [1.807, 2.05) is 12.1 Å². The van der Waals surface area contributed by atoms with Gasteiger partial charge in [0.2, 0.25) is 6.79 Å². The molecule has 3 unspecified atom stereocenters. The Hall–Kier alpha value is -2.54. The van der Waals surface area contributed by atoms with Crippen molar-refractivity contribution >= 4 is 0 Å². The van der Waals surface area contributed by atoms with Crippen molar-refractivity contribution in [3.05, 3.63) is 65.2 Å². The lowest BCUT2D eigenvalue weighted by molar-refractivity contribution is 0.102. The summed E-state index contributed by atoms with van der Waals surface area (Å²) in [5.74, 6) is 2.44. The van der Waals surface area contributed by atoms with Crippen LogP contribution in [-0.4, -0.2) is 48.1 Å². The summed E-state index contributed by atoms with van der Waals surface area (Å²) in [5.41, 5.74) is 8.82. The summed E-state index contributed by atoms with van der Waals surface area (Å²) in [6.45, 7) is 2.38. The van der Waals surface area contributed by atoms with Crippen molar-refractivity contribution in [3.63, 3.8) is 0 Å². The fourth-order valence-corrected chi connectivity index (χ4v) is 5.68. The first-order valence-corrected chi connectivity index (χ1v) is 10.7. The molecule has 1 aliphatic carbocycles. The molecule has 0 saturated carbocycles. The van der Waals surface area contributed by atoms with E-state index in [1.54, 1.807) is 0 Å². The fourth-order valence-electron chi connectivity index (χ4n) is 5.68. The van der Waals surface area contributed by atoms with Gasteiger partial charge in [0.05, 0.1) is 11.5 Å². The number of aliphatic hydroxyl groups excluding tert-OH is 1. The van der Waals surface area contributed by atoms with Gasteiger partial charge in [0.1, 0.15) is 11.9 Å². The Balaban J connectivity index is 1.31. The highest BCUT2D eigenvalue weighted by Gasteiger charge is 2.58. The minimum atomic E-state index is -0.447. The van der Waals surface area contributed by atoms with Crippen molar-refractivity contribution in [2.24, 2.45) is 5.73 Å². The van der Waals surface area contributed by atoms with Gasteiger partial charge in [-0.05, 0) is 60.0 Å². The summed E-state index contributed by atoms with van der Waals surface area (Å²) in [7, 11) is 0. The highest BCUT2D eigenvalue weighted by molar-refractivity contribution is 5.56. The number of rotatable bonds is 4. The Bertz CT molecular complexity index is 1010. The molecule has 0 spiro atoms. The molecule has 30 heavy (non-hydrogen) atoms. The topological polar surface area (TPSA) is 77.2 Å². The van der Waals surface area contributed by atoms with Crippen molar-refractivity contribution in [2.45, 2.75) is 43.1 Å². The molecular weight excluding hydrogens is 380 g/mol. The van der Waals surface area contributed by atoms with E-state index in [1.165, 1.54) is 16.7 Å². The average Bonchev–Trinajstić information content (AvgIpc) is 3.29. The molecule has 2 bridgehead atoms. The molecule has 2 aromatic rings. The number of hydrogen-bond donors (Lipinski definition) is 2. The summed E-state index contributed by atoms with van der Waals surface area (Å²) in [4.78, 5) is 2.39. The second-order valence-electron chi connectivity index (χ2n) is 8.69. The predicted molar refractivity (Wildman–Crippen MR) is 112 cm³/mol. The van der Waals surface area contributed by atoms with E-state index < -0.39 is 11.5 Å². The molecular formula is C24H26N2O4. The van der Waals surface area contributed by atoms with Gasteiger partial charge in [-0.3, -0.25) is 4.90 Å². The van der Waals surface area contributed by atoms with Gasteiger partial charge in [0, 0.05) is 25.6 Å². The zero-order valence-electron chi connectivity index (χ0n) is 16.8. The molecule has 1 saturated heterocycles. The second kappa shape index (κ2) is 6.74. The normalized spacial score (nSPS) is 32.6. The highest BCUT2D eigenvalue weighted by Crippen LogP contribution is 2.53. The van der Waals surface area contributed by atoms with Crippen LogP contribution in [-0.2, 0) is 18.4 Å². The predicted octanol–water partition coefficient (Wildman–Crippen LogP) is 2.12. The molecule has 2 aromatic carbocycles. The van der Waals surface area contributed by atoms with Gasteiger partial charge in [-0.2, -0.15) is 0 Å². The monoisotopic (exact) mass is 406 g/mol. The van der Waals surface area contributed by atoms with Crippen LogP contribution >= 0.6 is 0 Å². The minimum absolute atomic E-state index is 0.0214.